The number of amides is 2. The van der Waals surface area contributed by atoms with E-state index in [1.165, 1.54) is 0 Å². The van der Waals surface area contributed by atoms with Crippen LogP contribution in [0.3, 0.4) is 0 Å². The van der Waals surface area contributed by atoms with Crippen LogP contribution in [0.4, 0.5) is 4.79 Å². The van der Waals surface area contributed by atoms with Crippen molar-refractivity contribution in [2.45, 2.75) is 6.92 Å². The number of carbonyl (C=O) groups is 1. The van der Waals surface area contributed by atoms with Gasteiger partial charge in [-0.15, -0.1) is 0 Å². The molecule has 14 heavy (non-hydrogen) atoms. The summed E-state index contributed by atoms with van der Waals surface area (Å²) in [5.41, 5.74) is 3.34. The van der Waals surface area contributed by atoms with Crippen LogP contribution in [-0.4, -0.2) is 11.7 Å². The van der Waals surface area contributed by atoms with E-state index in [0.717, 1.165) is 5.56 Å². The number of nitrogens with zero attached hydrogens (tertiary/aromatic N) is 1. The first kappa shape index (κ1) is 10.7. The van der Waals surface area contributed by atoms with Crippen LogP contribution in [0.1, 0.15) is 12.5 Å². The number of hydrazine groups is 1. The monoisotopic (exact) mass is 211 g/mol. The molecule has 4 nitrogen and oxygen atoms in total. The number of nitrogens with two attached hydrogens (primary N) is 1. The van der Waals surface area contributed by atoms with Gasteiger partial charge >= 0.3 is 6.03 Å². The van der Waals surface area contributed by atoms with E-state index in [9.17, 15) is 4.79 Å². The molecule has 0 bridgehead atoms. The molecule has 74 valence electrons. The van der Waals surface area contributed by atoms with Gasteiger partial charge in [-0.1, -0.05) is 23.7 Å². The van der Waals surface area contributed by atoms with Crippen molar-refractivity contribution in [2.75, 3.05) is 0 Å². The van der Waals surface area contributed by atoms with Crippen molar-refractivity contribution in [3.63, 3.8) is 0 Å². The molecule has 2 amide bonds. The van der Waals surface area contributed by atoms with Crippen molar-refractivity contribution < 1.29 is 4.79 Å². The van der Waals surface area contributed by atoms with Crippen molar-refractivity contribution in [3.8, 4) is 0 Å². The number of rotatable bonds is 1. The summed E-state index contributed by atoms with van der Waals surface area (Å²) in [5, 5.41) is 0.643. The highest BCUT2D eigenvalue weighted by atomic mass is 35.5. The smallest absolute Gasteiger partial charge is 0.274 e. The Balaban J connectivity index is 2.89. The quantitative estimate of drug-likeness (QED) is 0.322. The molecule has 0 atom stereocenters. The van der Waals surface area contributed by atoms with Gasteiger partial charge in [-0.05, 0) is 24.6 Å². The second-order valence-electron chi connectivity index (χ2n) is 2.65. The lowest BCUT2D eigenvalue weighted by Gasteiger charge is -1.99. The number of halogens is 1. The average molecular weight is 212 g/mol. The highest BCUT2D eigenvalue weighted by Crippen LogP contribution is 2.10. The molecule has 0 saturated carbocycles. The van der Waals surface area contributed by atoms with Gasteiger partial charge < -0.3 is 0 Å². The first-order chi connectivity index (χ1) is 6.63. The number of benzene rings is 1. The summed E-state index contributed by atoms with van der Waals surface area (Å²) in [6.07, 6.45) is 0. The summed E-state index contributed by atoms with van der Waals surface area (Å²) in [6.45, 7) is 1.72. The molecule has 1 aromatic carbocycles. The van der Waals surface area contributed by atoms with Crippen molar-refractivity contribution in [1.29, 1.82) is 0 Å². The number of nitrogens with one attached hydrogen (secondary N) is 1. The van der Waals surface area contributed by atoms with Gasteiger partial charge in [-0.2, -0.15) is 4.99 Å². The minimum Gasteiger partial charge on any atom is -0.274 e. The molecule has 1 aromatic rings. The first-order valence-electron chi connectivity index (χ1n) is 3.95. The summed E-state index contributed by atoms with van der Waals surface area (Å²) >= 11 is 5.71. The Labute approximate surface area is 86.7 Å². The molecule has 5 heteroatoms. The van der Waals surface area contributed by atoms with Crippen molar-refractivity contribution in [2.24, 2.45) is 10.8 Å². The third-order valence-electron chi connectivity index (χ3n) is 1.65. The lowest BCUT2D eigenvalue weighted by Crippen LogP contribution is -2.27. The minimum absolute atomic E-state index is 0.572. The molecular weight excluding hydrogens is 202 g/mol. The summed E-state index contributed by atoms with van der Waals surface area (Å²) in [5.74, 6) is 4.89. The molecular formula is C9H10ClN3O. The molecule has 1 rings (SSSR count). The van der Waals surface area contributed by atoms with Gasteiger partial charge in [-0.25, -0.2) is 10.6 Å². The van der Waals surface area contributed by atoms with E-state index >= 15 is 0 Å². The van der Waals surface area contributed by atoms with E-state index < -0.39 is 6.03 Å². The van der Waals surface area contributed by atoms with Crippen LogP contribution in [0.2, 0.25) is 5.02 Å². The molecule has 0 unspecified atom stereocenters. The molecule has 0 aliphatic carbocycles. The Morgan fingerprint density at radius 3 is 2.50 bits per heavy atom. The number of urea groups is 1. The van der Waals surface area contributed by atoms with E-state index in [0.29, 0.717) is 10.7 Å². The van der Waals surface area contributed by atoms with E-state index in [-0.39, 0.29) is 0 Å². The van der Waals surface area contributed by atoms with E-state index in [1.54, 1.807) is 31.2 Å². The first-order valence-corrected chi connectivity index (χ1v) is 4.33. The van der Waals surface area contributed by atoms with Crippen LogP contribution in [0.5, 0.6) is 0 Å². The Hall–Kier alpha value is -1.39. The maximum absolute atomic E-state index is 10.8. The zero-order chi connectivity index (χ0) is 10.6. The second-order valence-corrected chi connectivity index (χ2v) is 3.09. The molecule has 0 saturated heterocycles. The maximum atomic E-state index is 10.8. The summed E-state index contributed by atoms with van der Waals surface area (Å²) in [6, 6.07) is 6.46. The number of hydrogen-bond acceptors (Lipinski definition) is 2. The second kappa shape index (κ2) is 4.74. The third-order valence-corrected chi connectivity index (χ3v) is 1.91. The third kappa shape index (κ3) is 2.83. The number of hydrogen-bond donors (Lipinski definition) is 2. The molecule has 0 aromatic heterocycles. The fourth-order valence-corrected chi connectivity index (χ4v) is 1.07. The predicted octanol–water partition coefficient (Wildman–Crippen LogP) is 1.73. The molecule has 3 N–H and O–H groups in total. The lowest BCUT2D eigenvalue weighted by atomic mass is 10.1. The number of aliphatic imine (C=N–C) groups is 1. The Morgan fingerprint density at radius 2 is 2.00 bits per heavy atom. The van der Waals surface area contributed by atoms with Crippen LogP contribution in [0.25, 0.3) is 0 Å². The van der Waals surface area contributed by atoms with E-state index in [1.807, 2.05) is 5.43 Å². The standard InChI is InChI=1S/C9H10ClN3O/c1-6(12-9(14)13-11)7-2-4-8(10)5-3-7/h2-5H,11H2,1H3,(H,13,14)/b12-6-. The van der Waals surface area contributed by atoms with E-state index in [4.69, 9.17) is 17.4 Å². The molecule has 0 aliphatic rings. The van der Waals surface area contributed by atoms with Crippen LogP contribution in [0.15, 0.2) is 29.3 Å². The molecule has 0 heterocycles. The minimum atomic E-state index is -0.572. The topological polar surface area (TPSA) is 67.5 Å². The zero-order valence-corrected chi connectivity index (χ0v) is 8.38. The molecule has 0 spiro atoms. The van der Waals surface area contributed by atoms with Crippen LogP contribution in [0, 0.1) is 0 Å². The van der Waals surface area contributed by atoms with Gasteiger partial charge in [0.05, 0.1) is 5.71 Å². The Morgan fingerprint density at radius 1 is 1.43 bits per heavy atom. The summed E-state index contributed by atoms with van der Waals surface area (Å²) in [7, 11) is 0. The highest BCUT2D eigenvalue weighted by molar-refractivity contribution is 6.30. The van der Waals surface area contributed by atoms with Gasteiger partial charge in [0, 0.05) is 5.02 Å². The van der Waals surface area contributed by atoms with Crippen molar-refractivity contribution >= 4 is 23.3 Å². The maximum Gasteiger partial charge on any atom is 0.355 e. The Kier molecular flexibility index (Phi) is 3.62. The van der Waals surface area contributed by atoms with E-state index in [2.05, 4.69) is 4.99 Å². The molecule has 0 aliphatic heterocycles. The fraction of sp³-hybridized carbons (Fsp3) is 0.111. The van der Waals surface area contributed by atoms with Crippen LogP contribution < -0.4 is 11.3 Å². The average Bonchev–Trinajstić information content (AvgIpc) is 2.18. The molecule has 0 fully saturated rings. The van der Waals surface area contributed by atoms with Gasteiger partial charge in [0.2, 0.25) is 0 Å². The van der Waals surface area contributed by atoms with Gasteiger partial charge in [0.1, 0.15) is 0 Å². The predicted molar refractivity (Wildman–Crippen MR) is 56.4 cm³/mol. The Bertz CT molecular complexity index is 359. The van der Waals surface area contributed by atoms with Crippen molar-refractivity contribution in [1.82, 2.24) is 5.43 Å². The van der Waals surface area contributed by atoms with Gasteiger partial charge in [-0.3, -0.25) is 5.43 Å². The summed E-state index contributed by atoms with van der Waals surface area (Å²) < 4.78 is 0. The fourth-order valence-electron chi connectivity index (χ4n) is 0.940. The lowest BCUT2D eigenvalue weighted by molar-refractivity contribution is 0.249. The summed E-state index contributed by atoms with van der Waals surface area (Å²) in [4.78, 5) is 14.5. The largest absolute Gasteiger partial charge is 0.355 e. The normalized spacial score (nSPS) is 11.2. The van der Waals surface area contributed by atoms with Crippen LogP contribution >= 0.6 is 11.6 Å². The zero-order valence-electron chi connectivity index (χ0n) is 7.62. The number of carbonyl (C=O) groups excluding carboxylic acids is 1. The van der Waals surface area contributed by atoms with Crippen molar-refractivity contribution in [3.05, 3.63) is 34.9 Å². The van der Waals surface area contributed by atoms with Crippen LogP contribution in [-0.2, 0) is 0 Å². The highest BCUT2D eigenvalue weighted by Gasteiger charge is 1.99. The van der Waals surface area contributed by atoms with Gasteiger partial charge in [0.25, 0.3) is 0 Å². The SMILES string of the molecule is C/C(=N/C(=O)NN)c1ccc(Cl)cc1. The van der Waals surface area contributed by atoms with Gasteiger partial charge in [0.15, 0.2) is 0 Å². The molecule has 0 radical (unpaired) electrons.